The molecule has 0 spiro atoms. The zero-order valence-corrected chi connectivity index (χ0v) is 16.2. The first-order chi connectivity index (χ1) is 13.1. The van der Waals surface area contributed by atoms with Gasteiger partial charge in [0.25, 0.3) is 0 Å². The van der Waals surface area contributed by atoms with Gasteiger partial charge >= 0.3 is 6.03 Å². The Balaban J connectivity index is 2.18. The number of likely N-dealkylation sites (N-methyl/N-ethyl adjacent to an activating group) is 1. The molecule has 2 rings (SSSR count). The van der Waals surface area contributed by atoms with E-state index in [1.807, 2.05) is 57.2 Å². The van der Waals surface area contributed by atoms with Crippen molar-refractivity contribution in [1.29, 1.82) is 0 Å². The van der Waals surface area contributed by atoms with Crippen LogP contribution in [-0.4, -0.2) is 36.5 Å². The van der Waals surface area contributed by atoms with Gasteiger partial charge in [-0.2, -0.15) is 0 Å². The first-order valence-corrected chi connectivity index (χ1v) is 9.33. The largest absolute Gasteiger partial charge is 0.338 e. The SMILES string of the molecule is CCNC(=O)Nc1cccc(NC(=O)C(c2ccccc2)N(CC)CC)c1. The van der Waals surface area contributed by atoms with Crippen LogP contribution in [0, 0.1) is 0 Å². The predicted molar refractivity (Wildman–Crippen MR) is 110 cm³/mol. The summed E-state index contributed by atoms with van der Waals surface area (Å²) in [4.78, 5) is 26.9. The molecule has 0 radical (unpaired) electrons. The summed E-state index contributed by atoms with van der Waals surface area (Å²) in [6.07, 6.45) is 0. The molecule has 0 saturated heterocycles. The molecule has 144 valence electrons. The van der Waals surface area contributed by atoms with Gasteiger partial charge in [-0.1, -0.05) is 50.2 Å². The summed E-state index contributed by atoms with van der Waals surface area (Å²) in [5, 5.41) is 8.41. The maximum atomic E-state index is 13.1. The first-order valence-electron chi connectivity index (χ1n) is 9.33. The van der Waals surface area contributed by atoms with Gasteiger partial charge in [-0.3, -0.25) is 9.69 Å². The fourth-order valence-corrected chi connectivity index (χ4v) is 2.97. The van der Waals surface area contributed by atoms with Crippen LogP contribution in [0.15, 0.2) is 54.6 Å². The third-order valence-electron chi connectivity index (χ3n) is 4.27. The molecule has 0 aliphatic rings. The second kappa shape index (κ2) is 10.3. The molecule has 0 fully saturated rings. The number of carbonyl (C=O) groups excluding carboxylic acids is 2. The van der Waals surface area contributed by atoms with E-state index in [-0.39, 0.29) is 18.0 Å². The summed E-state index contributed by atoms with van der Waals surface area (Å²) in [5.74, 6) is -0.0972. The van der Waals surface area contributed by atoms with Crippen molar-refractivity contribution in [1.82, 2.24) is 10.2 Å². The monoisotopic (exact) mass is 368 g/mol. The normalized spacial score (nSPS) is 11.7. The topological polar surface area (TPSA) is 73.5 Å². The second-order valence-corrected chi connectivity index (χ2v) is 6.09. The molecule has 6 nitrogen and oxygen atoms in total. The fourth-order valence-electron chi connectivity index (χ4n) is 2.97. The van der Waals surface area contributed by atoms with Gasteiger partial charge in [0.1, 0.15) is 6.04 Å². The molecular formula is C21H28N4O2. The molecule has 0 aliphatic heterocycles. The molecule has 0 heterocycles. The van der Waals surface area contributed by atoms with E-state index in [2.05, 4.69) is 20.9 Å². The molecule has 1 atom stereocenters. The zero-order chi connectivity index (χ0) is 19.6. The summed E-state index contributed by atoms with van der Waals surface area (Å²) >= 11 is 0. The minimum Gasteiger partial charge on any atom is -0.338 e. The van der Waals surface area contributed by atoms with Gasteiger partial charge in [0, 0.05) is 17.9 Å². The maximum absolute atomic E-state index is 13.1. The van der Waals surface area contributed by atoms with Crippen molar-refractivity contribution in [2.75, 3.05) is 30.3 Å². The van der Waals surface area contributed by atoms with E-state index in [9.17, 15) is 9.59 Å². The highest BCUT2D eigenvalue weighted by molar-refractivity contribution is 5.96. The van der Waals surface area contributed by atoms with Gasteiger partial charge in [0.05, 0.1) is 0 Å². The molecule has 2 aromatic carbocycles. The molecule has 27 heavy (non-hydrogen) atoms. The van der Waals surface area contributed by atoms with Crippen molar-refractivity contribution >= 4 is 23.3 Å². The average molecular weight is 368 g/mol. The van der Waals surface area contributed by atoms with Crippen LogP contribution in [0.25, 0.3) is 0 Å². The maximum Gasteiger partial charge on any atom is 0.319 e. The highest BCUT2D eigenvalue weighted by atomic mass is 16.2. The Kier molecular flexibility index (Phi) is 7.82. The quantitative estimate of drug-likeness (QED) is 0.663. The highest BCUT2D eigenvalue weighted by Gasteiger charge is 2.25. The molecule has 2 aromatic rings. The standard InChI is InChI=1S/C21H28N4O2/c1-4-22-21(27)24-18-14-10-13-17(15-18)23-20(26)19(25(5-2)6-3)16-11-8-7-9-12-16/h7-15,19H,4-6H2,1-3H3,(H,23,26)(H2,22,24,27). The van der Waals surface area contributed by atoms with Gasteiger partial charge in [0.15, 0.2) is 0 Å². The Morgan fingerprint density at radius 3 is 2.11 bits per heavy atom. The van der Waals surface area contributed by atoms with E-state index in [0.29, 0.717) is 17.9 Å². The van der Waals surface area contributed by atoms with Crippen LogP contribution in [-0.2, 0) is 4.79 Å². The predicted octanol–water partition coefficient (Wildman–Crippen LogP) is 3.85. The van der Waals surface area contributed by atoms with Gasteiger partial charge in [-0.15, -0.1) is 0 Å². The van der Waals surface area contributed by atoms with Crippen LogP contribution in [0.4, 0.5) is 16.2 Å². The molecule has 1 unspecified atom stereocenters. The number of hydrogen-bond acceptors (Lipinski definition) is 3. The van der Waals surface area contributed by atoms with Crippen molar-refractivity contribution in [3.63, 3.8) is 0 Å². The number of amides is 3. The minimum atomic E-state index is -0.374. The summed E-state index contributed by atoms with van der Waals surface area (Å²) < 4.78 is 0. The van der Waals surface area contributed by atoms with Gasteiger partial charge in [-0.05, 0) is 43.8 Å². The smallest absolute Gasteiger partial charge is 0.319 e. The summed E-state index contributed by atoms with van der Waals surface area (Å²) in [5.41, 5.74) is 2.22. The van der Waals surface area contributed by atoms with E-state index in [0.717, 1.165) is 18.7 Å². The lowest BCUT2D eigenvalue weighted by Gasteiger charge is -2.29. The third kappa shape index (κ3) is 5.82. The Morgan fingerprint density at radius 1 is 0.889 bits per heavy atom. The Hall–Kier alpha value is -2.86. The number of carbonyl (C=O) groups is 2. The van der Waals surface area contributed by atoms with E-state index in [1.165, 1.54) is 0 Å². The number of nitrogens with zero attached hydrogens (tertiary/aromatic N) is 1. The summed E-state index contributed by atoms with van der Waals surface area (Å²) in [6.45, 7) is 8.02. The number of anilines is 2. The minimum absolute atomic E-state index is 0.0972. The molecule has 0 aromatic heterocycles. The van der Waals surface area contributed by atoms with Crippen molar-refractivity contribution < 1.29 is 9.59 Å². The lowest BCUT2D eigenvalue weighted by Crippen LogP contribution is -2.37. The van der Waals surface area contributed by atoms with Crippen molar-refractivity contribution in [2.24, 2.45) is 0 Å². The second-order valence-electron chi connectivity index (χ2n) is 6.09. The molecule has 0 saturated carbocycles. The number of benzene rings is 2. The molecule has 3 amide bonds. The van der Waals surface area contributed by atoms with Crippen molar-refractivity contribution in [2.45, 2.75) is 26.8 Å². The Bertz CT molecular complexity index is 745. The van der Waals surface area contributed by atoms with E-state index < -0.39 is 0 Å². The Labute approximate surface area is 161 Å². The van der Waals surface area contributed by atoms with Crippen LogP contribution in [0.2, 0.25) is 0 Å². The van der Waals surface area contributed by atoms with Gasteiger partial charge in [-0.25, -0.2) is 4.79 Å². The average Bonchev–Trinajstić information content (AvgIpc) is 2.67. The molecule has 3 N–H and O–H groups in total. The lowest BCUT2D eigenvalue weighted by atomic mass is 10.0. The van der Waals surface area contributed by atoms with Crippen molar-refractivity contribution in [3.05, 3.63) is 60.2 Å². The lowest BCUT2D eigenvalue weighted by molar-refractivity contribution is -0.121. The van der Waals surface area contributed by atoms with E-state index in [4.69, 9.17) is 0 Å². The van der Waals surface area contributed by atoms with E-state index >= 15 is 0 Å². The molecular weight excluding hydrogens is 340 g/mol. The molecule has 0 aliphatic carbocycles. The first kappa shape index (κ1) is 20.5. The van der Waals surface area contributed by atoms with Crippen LogP contribution < -0.4 is 16.0 Å². The van der Waals surface area contributed by atoms with E-state index in [1.54, 1.807) is 18.2 Å². The summed E-state index contributed by atoms with van der Waals surface area (Å²) in [6, 6.07) is 16.3. The number of urea groups is 1. The highest BCUT2D eigenvalue weighted by Crippen LogP contribution is 2.23. The van der Waals surface area contributed by atoms with Gasteiger partial charge < -0.3 is 16.0 Å². The van der Waals surface area contributed by atoms with Crippen LogP contribution >= 0.6 is 0 Å². The van der Waals surface area contributed by atoms with Crippen LogP contribution in [0.1, 0.15) is 32.4 Å². The third-order valence-corrected chi connectivity index (χ3v) is 4.27. The number of hydrogen-bond donors (Lipinski definition) is 3. The fraction of sp³-hybridized carbons (Fsp3) is 0.333. The Morgan fingerprint density at radius 2 is 1.52 bits per heavy atom. The molecule has 0 bridgehead atoms. The summed E-state index contributed by atoms with van der Waals surface area (Å²) in [7, 11) is 0. The molecule has 6 heteroatoms. The van der Waals surface area contributed by atoms with Gasteiger partial charge in [0.2, 0.25) is 5.91 Å². The van der Waals surface area contributed by atoms with Crippen LogP contribution in [0.5, 0.6) is 0 Å². The van der Waals surface area contributed by atoms with Crippen LogP contribution in [0.3, 0.4) is 0 Å². The number of nitrogens with one attached hydrogen (secondary N) is 3. The zero-order valence-electron chi connectivity index (χ0n) is 16.2. The van der Waals surface area contributed by atoms with Crippen molar-refractivity contribution in [3.8, 4) is 0 Å². The number of rotatable bonds is 8.